The Morgan fingerprint density at radius 3 is 2.69 bits per heavy atom. The Kier molecular flexibility index (Phi) is 5.36. The maximum Gasteiger partial charge on any atom is 0.573 e. The second-order valence-electron chi connectivity index (χ2n) is 6.55. The first-order valence-electron chi connectivity index (χ1n) is 8.52. The predicted molar refractivity (Wildman–Crippen MR) is 87.5 cm³/mol. The molecule has 1 aromatic rings. The van der Waals surface area contributed by atoms with E-state index in [1.807, 2.05) is 0 Å². The van der Waals surface area contributed by atoms with Crippen molar-refractivity contribution in [2.45, 2.75) is 56.6 Å². The van der Waals surface area contributed by atoms with E-state index in [0.29, 0.717) is 0 Å². The van der Waals surface area contributed by atoms with Crippen LogP contribution in [-0.2, 0) is 9.59 Å². The summed E-state index contributed by atoms with van der Waals surface area (Å²) >= 11 is 0. The number of carbonyl (C=O) groups is 2. The van der Waals surface area contributed by atoms with Crippen LogP contribution in [0.4, 0.5) is 18.9 Å². The summed E-state index contributed by atoms with van der Waals surface area (Å²) in [7, 11) is 0. The van der Waals surface area contributed by atoms with Gasteiger partial charge in [-0.1, -0.05) is 18.9 Å². The molecule has 26 heavy (non-hydrogen) atoms. The number of hydrogen-bond acceptors (Lipinski definition) is 4. The van der Waals surface area contributed by atoms with E-state index in [1.54, 1.807) is 0 Å². The minimum absolute atomic E-state index is 0.0978. The molecule has 3 rings (SSSR count). The third-order valence-electron chi connectivity index (χ3n) is 4.57. The number of anilines is 1. The lowest BCUT2D eigenvalue weighted by Gasteiger charge is -2.40. The van der Waals surface area contributed by atoms with Gasteiger partial charge in [-0.2, -0.15) is 0 Å². The Hall–Kier alpha value is -2.29. The second-order valence-corrected chi connectivity index (χ2v) is 6.55. The van der Waals surface area contributed by atoms with Crippen molar-refractivity contribution in [1.82, 2.24) is 10.6 Å². The normalized spacial score (nSPS) is 25.8. The number of piperazine rings is 1. The highest BCUT2D eigenvalue weighted by atomic mass is 19.4. The molecule has 2 amide bonds. The summed E-state index contributed by atoms with van der Waals surface area (Å²) in [6.07, 6.45) is -0.879. The first-order chi connectivity index (χ1) is 12.3. The van der Waals surface area contributed by atoms with E-state index in [1.165, 1.54) is 12.1 Å². The van der Waals surface area contributed by atoms with Crippen LogP contribution >= 0.6 is 0 Å². The Morgan fingerprint density at radius 2 is 1.96 bits per heavy atom. The lowest BCUT2D eigenvalue weighted by atomic mass is 9.87. The zero-order valence-corrected chi connectivity index (χ0v) is 13.9. The average molecular weight is 371 g/mol. The van der Waals surface area contributed by atoms with E-state index < -0.39 is 24.1 Å². The molecule has 1 aliphatic carbocycles. The van der Waals surface area contributed by atoms with Gasteiger partial charge in [0.25, 0.3) is 0 Å². The molecular weight excluding hydrogens is 351 g/mol. The lowest BCUT2D eigenvalue weighted by molar-refractivity contribution is -0.274. The first-order valence-corrected chi connectivity index (χ1v) is 8.52. The van der Waals surface area contributed by atoms with Crippen LogP contribution in [0, 0.1) is 0 Å². The number of amides is 2. The van der Waals surface area contributed by atoms with E-state index in [4.69, 9.17) is 0 Å². The Balaban J connectivity index is 1.57. The molecule has 0 unspecified atom stereocenters. The molecule has 9 heteroatoms. The smallest absolute Gasteiger partial charge is 0.406 e. The monoisotopic (exact) mass is 371 g/mol. The molecule has 1 heterocycles. The molecule has 1 saturated carbocycles. The highest BCUT2D eigenvalue weighted by Crippen LogP contribution is 2.25. The molecule has 1 aromatic carbocycles. The van der Waals surface area contributed by atoms with Gasteiger partial charge in [-0.05, 0) is 25.0 Å². The highest BCUT2D eigenvalue weighted by Gasteiger charge is 2.37. The number of fused-ring (bicyclic) bond motifs is 1. The summed E-state index contributed by atoms with van der Waals surface area (Å²) in [4.78, 5) is 24.3. The van der Waals surface area contributed by atoms with Crippen LogP contribution in [0.3, 0.4) is 0 Å². The van der Waals surface area contributed by atoms with Gasteiger partial charge in [0, 0.05) is 23.8 Å². The second kappa shape index (κ2) is 7.53. The third kappa shape index (κ3) is 4.87. The predicted octanol–water partition coefficient (Wildman–Crippen LogP) is 2.31. The van der Waals surface area contributed by atoms with Gasteiger partial charge >= 0.3 is 6.36 Å². The molecule has 2 fully saturated rings. The topological polar surface area (TPSA) is 79.5 Å². The molecule has 0 spiro atoms. The number of hydrogen-bond donors (Lipinski definition) is 3. The van der Waals surface area contributed by atoms with Gasteiger partial charge in [-0.25, -0.2) is 0 Å². The van der Waals surface area contributed by atoms with E-state index in [9.17, 15) is 22.8 Å². The van der Waals surface area contributed by atoms with Gasteiger partial charge < -0.3 is 20.7 Å². The minimum Gasteiger partial charge on any atom is -0.406 e. The molecule has 142 valence electrons. The number of benzene rings is 1. The number of halogens is 3. The van der Waals surface area contributed by atoms with E-state index in [-0.39, 0.29) is 30.1 Å². The zero-order valence-electron chi connectivity index (χ0n) is 13.9. The van der Waals surface area contributed by atoms with E-state index in [2.05, 4.69) is 20.7 Å². The Morgan fingerprint density at radius 1 is 1.23 bits per heavy atom. The zero-order chi connectivity index (χ0) is 18.7. The number of ether oxygens (including phenoxy) is 1. The molecule has 1 aliphatic heterocycles. The SMILES string of the molecule is O=C(C[C@H]1N[C@H]2CCCC[C@H]2NC1=O)Nc1cccc(OC(F)(F)F)c1. The van der Waals surface area contributed by atoms with Crippen molar-refractivity contribution in [2.24, 2.45) is 0 Å². The number of alkyl halides is 3. The molecule has 3 N–H and O–H groups in total. The van der Waals surface area contributed by atoms with Crippen LogP contribution in [0.2, 0.25) is 0 Å². The summed E-state index contributed by atoms with van der Waals surface area (Å²) in [5.74, 6) is -1.11. The van der Waals surface area contributed by atoms with Crippen LogP contribution in [0.1, 0.15) is 32.1 Å². The number of carbonyl (C=O) groups excluding carboxylic acids is 2. The summed E-state index contributed by atoms with van der Waals surface area (Å²) < 4.78 is 40.6. The molecule has 0 bridgehead atoms. The van der Waals surface area contributed by atoms with Crippen LogP contribution < -0.4 is 20.7 Å². The summed E-state index contributed by atoms with van der Waals surface area (Å²) in [6.45, 7) is 0. The van der Waals surface area contributed by atoms with Crippen molar-refractivity contribution in [1.29, 1.82) is 0 Å². The van der Waals surface area contributed by atoms with Crippen LogP contribution in [0.5, 0.6) is 5.75 Å². The lowest BCUT2D eigenvalue weighted by Crippen LogP contribution is -2.65. The largest absolute Gasteiger partial charge is 0.573 e. The molecule has 2 aliphatic rings. The van der Waals surface area contributed by atoms with Gasteiger partial charge in [-0.3, -0.25) is 9.59 Å². The van der Waals surface area contributed by atoms with Crippen molar-refractivity contribution in [3.8, 4) is 5.75 Å². The number of nitrogens with one attached hydrogen (secondary N) is 3. The fourth-order valence-corrected chi connectivity index (χ4v) is 3.44. The van der Waals surface area contributed by atoms with Crippen molar-refractivity contribution in [3.63, 3.8) is 0 Å². The Labute approximate surface area is 148 Å². The van der Waals surface area contributed by atoms with Crippen LogP contribution in [0.15, 0.2) is 24.3 Å². The highest BCUT2D eigenvalue weighted by molar-refractivity contribution is 5.95. The minimum atomic E-state index is -4.80. The van der Waals surface area contributed by atoms with Gasteiger partial charge in [0.1, 0.15) is 5.75 Å². The van der Waals surface area contributed by atoms with Gasteiger partial charge in [-0.15, -0.1) is 13.2 Å². The summed E-state index contributed by atoms with van der Waals surface area (Å²) in [6, 6.07) is 4.62. The maximum atomic E-state index is 12.3. The fraction of sp³-hybridized carbons (Fsp3) is 0.529. The molecule has 1 saturated heterocycles. The molecular formula is C17H20F3N3O3. The summed E-state index contributed by atoms with van der Waals surface area (Å²) in [5, 5.41) is 8.67. The van der Waals surface area contributed by atoms with Gasteiger partial charge in [0.05, 0.1) is 12.5 Å². The van der Waals surface area contributed by atoms with E-state index in [0.717, 1.165) is 37.8 Å². The standard InChI is InChI=1S/C17H20F3N3O3/c18-17(19,20)26-11-5-3-4-10(8-11)21-15(24)9-14-16(25)23-13-7-2-1-6-12(13)22-14/h3-5,8,12-14,22H,1-2,6-7,9H2,(H,21,24)(H,23,25)/t12-,13+,14+/m0/s1. The number of rotatable bonds is 4. The molecule has 0 aromatic heterocycles. The quantitative estimate of drug-likeness (QED) is 0.759. The molecule has 6 nitrogen and oxygen atoms in total. The van der Waals surface area contributed by atoms with Crippen molar-refractivity contribution in [3.05, 3.63) is 24.3 Å². The van der Waals surface area contributed by atoms with E-state index >= 15 is 0 Å². The first kappa shape index (κ1) is 18.5. The molecule has 0 radical (unpaired) electrons. The average Bonchev–Trinajstić information content (AvgIpc) is 2.54. The third-order valence-corrected chi connectivity index (χ3v) is 4.57. The van der Waals surface area contributed by atoms with Gasteiger partial charge in [0.15, 0.2) is 0 Å². The van der Waals surface area contributed by atoms with Crippen LogP contribution in [-0.4, -0.2) is 36.3 Å². The van der Waals surface area contributed by atoms with Crippen molar-refractivity contribution < 1.29 is 27.5 Å². The fourth-order valence-electron chi connectivity index (χ4n) is 3.44. The Bertz CT molecular complexity index is 681. The molecule has 3 atom stereocenters. The van der Waals surface area contributed by atoms with Crippen molar-refractivity contribution >= 4 is 17.5 Å². The maximum absolute atomic E-state index is 12.3. The summed E-state index contributed by atoms with van der Waals surface area (Å²) in [5.41, 5.74) is 0.170. The van der Waals surface area contributed by atoms with Crippen molar-refractivity contribution in [2.75, 3.05) is 5.32 Å². The van der Waals surface area contributed by atoms with Crippen LogP contribution in [0.25, 0.3) is 0 Å². The van der Waals surface area contributed by atoms with Gasteiger partial charge in [0.2, 0.25) is 11.8 Å².